The van der Waals surface area contributed by atoms with Crippen LogP contribution in [0.1, 0.15) is 82.4 Å². The zero-order chi connectivity index (χ0) is 22.8. The molecule has 0 saturated carbocycles. The summed E-state index contributed by atoms with van der Waals surface area (Å²) in [6.45, 7) is 11.4. The molecule has 0 saturated heterocycles. The smallest absolute Gasteiger partial charge is 0.248 e. The van der Waals surface area contributed by atoms with Gasteiger partial charge in [0.25, 0.3) is 0 Å². The van der Waals surface area contributed by atoms with Crippen molar-refractivity contribution in [2.45, 2.75) is 65.7 Å². The van der Waals surface area contributed by atoms with Gasteiger partial charge in [0.05, 0.1) is 13.7 Å². The number of nitrogens with one attached hydrogen (secondary N) is 1. The van der Waals surface area contributed by atoms with Gasteiger partial charge in [0.15, 0.2) is 11.5 Å². The van der Waals surface area contributed by atoms with Gasteiger partial charge < -0.3 is 14.8 Å². The SMILES string of the molecule is CCCCCOc1ccc(C=CC(=O)Nc2c(C(C)C)cccc2C(C)C)cc1OC. The van der Waals surface area contributed by atoms with Crippen LogP contribution in [0.2, 0.25) is 0 Å². The molecule has 2 aromatic rings. The number of anilines is 1. The van der Waals surface area contributed by atoms with Gasteiger partial charge in [-0.3, -0.25) is 4.79 Å². The van der Waals surface area contributed by atoms with Crippen molar-refractivity contribution in [3.63, 3.8) is 0 Å². The van der Waals surface area contributed by atoms with Gasteiger partial charge in [-0.05, 0) is 53.2 Å². The summed E-state index contributed by atoms with van der Waals surface area (Å²) in [4.78, 5) is 12.7. The number of carbonyl (C=O) groups is 1. The van der Waals surface area contributed by atoms with Crippen molar-refractivity contribution < 1.29 is 14.3 Å². The van der Waals surface area contributed by atoms with Crippen LogP contribution in [0.5, 0.6) is 11.5 Å². The van der Waals surface area contributed by atoms with E-state index >= 15 is 0 Å². The van der Waals surface area contributed by atoms with Gasteiger partial charge in [-0.25, -0.2) is 0 Å². The molecule has 1 N–H and O–H groups in total. The minimum atomic E-state index is -0.145. The summed E-state index contributed by atoms with van der Waals surface area (Å²) >= 11 is 0. The molecule has 4 heteroatoms. The number of benzene rings is 2. The number of carbonyl (C=O) groups excluding carboxylic acids is 1. The summed E-state index contributed by atoms with van der Waals surface area (Å²) in [5, 5.41) is 3.11. The van der Waals surface area contributed by atoms with Crippen molar-refractivity contribution >= 4 is 17.7 Å². The summed E-state index contributed by atoms with van der Waals surface area (Å²) < 4.78 is 11.3. The molecule has 0 aliphatic heterocycles. The second kappa shape index (κ2) is 12.2. The van der Waals surface area contributed by atoms with Gasteiger partial charge >= 0.3 is 0 Å². The van der Waals surface area contributed by atoms with Crippen LogP contribution >= 0.6 is 0 Å². The number of unbranched alkanes of at least 4 members (excludes halogenated alkanes) is 2. The zero-order valence-electron chi connectivity index (χ0n) is 19.8. The Kier molecular flexibility index (Phi) is 9.64. The summed E-state index contributed by atoms with van der Waals surface area (Å²) in [7, 11) is 1.63. The summed E-state index contributed by atoms with van der Waals surface area (Å²) in [6, 6.07) is 11.9. The molecule has 31 heavy (non-hydrogen) atoms. The molecule has 0 spiro atoms. The number of amides is 1. The first-order valence-corrected chi connectivity index (χ1v) is 11.3. The van der Waals surface area contributed by atoms with E-state index in [9.17, 15) is 4.79 Å². The topological polar surface area (TPSA) is 47.6 Å². The molecule has 4 nitrogen and oxygen atoms in total. The van der Waals surface area contributed by atoms with E-state index in [0.717, 1.165) is 47.4 Å². The normalized spacial score (nSPS) is 11.4. The maximum absolute atomic E-state index is 12.7. The predicted octanol–water partition coefficient (Wildman–Crippen LogP) is 7.16. The highest BCUT2D eigenvalue weighted by Gasteiger charge is 2.15. The molecule has 1 amide bonds. The predicted molar refractivity (Wildman–Crippen MR) is 130 cm³/mol. The fourth-order valence-electron chi connectivity index (χ4n) is 3.47. The van der Waals surface area contributed by atoms with Gasteiger partial charge in [-0.2, -0.15) is 0 Å². The number of rotatable bonds is 11. The highest BCUT2D eigenvalue weighted by atomic mass is 16.5. The molecular weight excluding hydrogens is 386 g/mol. The number of methoxy groups -OCH3 is 1. The molecule has 0 aliphatic rings. The third-order valence-corrected chi connectivity index (χ3v) is 5.24. The number of hydrogen-bond acceptors (Lipinski definition) is 3. The lowest BCUT2D eigenvalue weighted by atomic mass is 9.92. The van der Waals surface area contributed by atoms with Gasteiger partial charge in [0.2, 0.25) is 5.91 Å². The second-order valence-corrected chi connectivity index (χ2v) is 8.41. The first kappa shape index (κ1) is 24.5. The lowest BCUT2D eigenvalue weighted by Gasteiger charge is -2.19. The van der Waals surface area contributed by atoms with Gasteiger partial charge in [-0.1, -0.05) is 71.7 Å². The fourth-order valence-corrected chi connectivity index (χ4v) is 3.47. The number of para-hydroxylation sites is 1. The Morgan fingerprint density at radius 3 is 2.26 bits per heavy atom. The molecule has 2 rings (SSSR count). The average Bonchev–Trinajstić information content (AvgIpc) is 2.75. The maximum Gasteiger partial charge on any atom is 0.248 e. The maximum atomic E-state index is 12.7. The van der Waals surface area contributed by atoms with E-state index in [1.807, 2.05) is 18.2 Å². The van der Waals surface area contributed by atoms with Crippen molar-refractivity contribution in [2.24, 2.45) is 0 Å². The lowest BCUT2D eigenvalue weighted by molar-refractivity contribution is -0.111. The number of ether oxygens (including phenoxy) is 2. The molecule has 168 valence electrons. The summed E-state index contributed by atoms with van der Waals surface area (Å²) in [5.74, 6) is 1.91. The van der Waals surface area contributed by atoms with Crippen molar-refractivity contribution in [1.82, 2.24) is 0 Å². The monoisotopic (exact) mass is 423 g/mol. The highest BCUT2D eigenvalue weighted by Crippen LogP contribution is 2.32. The fraction of sp³-hybridized carbons (Fsp3) is 0.444. The van der Waals surface area contributed by atoms with Crippen molar-refractivity contribution in [3.8, 4) is 11.5 Å². The Balaban J connectivity index is 2.13. The average molecular weight is 424 g/mol. The third-order valence-electron chi connectivity index (χ3n) is 5.24. The van der Waals surface area contributed by atoms with E-state index in [-0.39, 0.29) is 5.91 Å². The molecule has 0 fully saturated rings. The molecule has 2 aromatic carbocycles. The zero-order valence-corrected chi connectivity index (χ0v) is 19.8. The van der Waals surface area contributed by atoms with Gasteiger partial charge in [0, 0.05) is 11.8 Å². The Bertz CT molecular complexity index is 858. The Labute approximate surface area is 187 Å². The van der Waals surface area contributed by atoms with Crippen molar-refractivity contribution in [2.75, 3.05) is 19.0 Å². The molecule has 0 unspecified atom stereocenters. The van der Waals surface area contributed by atoms with Crippen LogP contribution in [0.3, 0.4) is 0 Å². The quantitative estimate of drug-likeness (QED) is 0.308. The molecule has 0 atom stereocenters. The van der Waals surface area contributed by atoms with Crippen LogP contribution < -0.4 is 14.8 Å². The van der Waals surface area contributed by atoms with E-state index < -0.39 is 0 Å². The first-order valence-electron chi connectivity index (χ1n) is 11.3. The molecular formula is C27H37NO3. The van der Waals surface area contributed by atoms with Crippen molar-refractivity contribution in [3.05, 3.63) is 59.2 Å². The van der Waals surface area contributed by atoms with Crippen LogP contribution in [0, 0.1) is 0 Å². The van der Waals surface area contributed by atoms with Crippen LogP contribution in [-0.2, 0) is 4.79 Å². The summed E-state index contributed by atoms with van der Waals surface area (Å²) in [5.41, 5.74) is 4.11. The molecule has 0 radical (unpaired) electrons. The van der Waals surface area contributed by atoms with Crippen LogP contribution in [-0.4, -0.2) is 19.6 Å². The van der Waals surface area contributed by atoms with Gasteiger partial charge in [-0.15, -0.1) is 0 Å². The minimum absolute atomic E-state index is 0.145. The van der Waals surface area contributed by atoms with E-state index in [1.165, 1.54) is 0 Å². The molecule has 0 bridgehead atoms. The third kappa shape index (κ3) is 7.16. The first-order chi connectivity index (χ1) is 14.9. The Morgan fingerprint density at radius 1 is 1.00 bits per heavy atom. The van der Waals surface area contributed by atoms with E-state index in [1.54, 1.807) is 19.3 Å². The highest BCUT2D eigenvalue weighted by molar-refractivity contribution is 6.03. The standard InChI is InChI=1S/C27H37NO3/c1-7-8-9-17-31-24-15-13-21(18-25(24)30-6)14-16-26(29)28-27-22(19(2)3)11-10-12-23(27)20(4)5/h10-16,18-20H,7-9,17H2,1-6H3,(H,28,29). The Hall–Kier alpha value is -2.75. The lowest BCUT2D eigenvalue weighted by Crippen LogP contribution is -2.13. The van der Waals surface area contributed by atoms with E-state index in [0.29, 0.717) is 24.2 Å². The second-order valence-electron chi connectivity index (χ2n) is 8.41. The van der Waals surface area contributed by atoms with Gasteiger partial charge in [0.1, 0.15) is 0 Å². The largest absolute Gasteiger partial charge is 0.493 e. The molecule has 0 heterocycles. The van der Waals surface area contributed by atoms with Crippen LogP contribution in [0.25, 0.3) is 6.08 Å². The number of hydrogen-bond donors (Lipinski definition) is 1. The summed E-state index contributed by atoms with van der Waals surface area (Å²) in [6.07, 6.45) is 6.70. The Morgan fingerprint density at radius 2 is 1.68 bits per heavy atom. The van der Waals surface area contributed by atoms with Crippen LogP contribution in [0.4, 0.5) is 5.69 Å². The van der Waals surface area contributed by atoms with E-state index in [2.05, 4.69) is 58.1 Å². The minimum Gasteiger partial charge on any atom is -0.493 e. The molecule has 0 aromatic heterocycles. The molecule has 0 aliphatic carbocycles. The van der Waals surface area contributed by atoms with Crippen molar-refractivity contribution in [1.29, 1.82) is 0 Å². The van der Waals surface area contributed by atoms with Crippen LogP contribution in [0.15, 0.2) is 42.5 Å². The van der Waals surface area contributed by atoms with E-state index in [4.69, 9.17) is 9.47 Å².